The smallest absolute Gasteiger partial charge is 0.0224 e. The van der Waals surface area contributed by atoms with Gasteiger partial charge in [-0.15, -0.1) is 0 Å². The maximum atomic E-state index is 3.52. The number of hydrogen-bond donors (Lipinski definition) is 1. The summed E-state index contributed by atoms with van der Waals surface area (Å²) in [6, 6.07) is 1.65. The van der Waals surface area contributed by atoms with Gasteiger partial charge in [-0.25, -0.2) is 0 Å². The standard InChI is InChI=1S/C12H24N2/c1-3-11-6-8-14(10(11)2)12-5-4-7-13-9-12/h10-13H,3-9H2,1-2H3. The Morgan fingerprint density at radius 3 is 2.79 bits per heavy atom. The fraction of sp³-hybridized carbons (Fsp3) is 1.00. The molecule has 14 heavy (non-hydrogen) atoms. The van der Waals surface area contributed by atoms with Crippen molar-refractivity contribution in [1.82, 2.24) is 10.2 Å². The molecule has 0 amide bonds. The quantitative estimate of drug-likeness (QED) is 0.725. The number of likely N-dealkylation sites (tertiary alicyclic amines) is 1. The Hall–Kier alpha value is -0.0800. The second-order valence-corrected chi connectivity index (χ2v) is 4.94. The fourth-order valence-electron chi connectivity index (χ4n) is 3.21. The lowest BCUT2D eigenvalue weighted by molar-refractivity contribution is 0.145. The summed E-state index contributed by atoms with van der Waals surface area (Å²) in [6.07, 6.45) is 5.56. The van der Waals surface area contributed by atoms with Gasteiger partial charge >= 0.3 is 0 Å². The summed E-state index contributed by atoms with van der Waals surface area (Å²) >= 11 is 0. The van der Waals surface area contributed by atoms with Crippen LogP contribution in [0.2, 0.25) is 0 Å². The average molecular weight is 196 g/mol. The largest absolute Gasteiger partial charge is 0.315 e. The van der Waals surface area contributed by atoms with E-state index < -0.39 is 0 Å². The molecule has 3 atom stereocenters. The predicted molar refractivity (Wildman–Crippen MR) is 60.5 cm³/mol. The molecule has 2 heterocycles. The van der Waals surface area contributed by atoms with Gasteiger partial charge in [-0.3, -0.25) is 4.90 Å². The molecule has 1 N–H and O–H groups in total. The first-order valence-electron chi connectivity index (χ1n) is 6.29. The normalized spacial score (nSPS) is 40.3. The van der Waals surface area contributed by atoms with Gasteiger partial charge in [-0.1, -0.05) is 13.3 Å². The zero-order valence-corrected chi connectivity index (χ0v) is 9.63. The summed E-state index contributed by atoms with van der Waals surface area (Å²) in [4.78, 5) is 2.75. The van der Waals surface area contributed by atoms with E-state index in [0.717, 1.165) is 18.0 Å². The first kappa shape index (κ1) is 10.4. The molecule has 2 aliphatic rings. The molecule has 2 saturated heterocycles. The Morgan fingerprint density at radius 1 is 1.36 bits per heavy atom. The lowest BCUT2D eigenvalue weighted by Gasteiger charge is -2.35. The van der Waals surface area contributed by atoms with Gasteiger partial charge in [0, 0.05) is 18.6 Å². The monoisotopic (exact) mass is 196 g/mol. The highest BCUT2D eigenvalue weighted by Crippen LogP contribution is 2.29. The minimum Gasteiger partial charge on any atom is -0.315 e. The number of nitrogens with zero attached hydrogens (tertiary/aromatic N) is 1. The first-order chi connectivity index (χ1) is 6.83. The molecule has 0 aromatic carbocycles. The Kier molecular flexibility index (Phi) is 3.45. The van der Waals surface area contributed by atoms with E-state index in [1.54, 1.807) is 0 Å². The van der Waals surface area contributed by atoms with Gasteiger partial charge in [0.1, 0.15) is 0 Å². The van der Waals surface area contributed by atoms with E-state index in [2.05, 4.69) is 24.1 Å². The van der Waals surface area contributed by atoms with Gasteiger partial charge in [-0.05, 0) is 45.2 Å². The third-order valence-corrected chi connectivity index (χ3v) is 4.23. The highest BCUT2D eigenvalue weighted by molar-refractivity contribution is 4.89. The SMILES string of the molecule is CCC1CCN(C2CCCNC2)C1C. The van der Waals surface area contributed by atoms with Crippen LogP contribution in [-0.2, 0) is 0 Å². The van der Waals surface area contributed by atoms with Gasteiger partial charge in [0.05, 0.1) is 0 Å². The van der Waals surface area contributed by atoms with Crippen LogP contribution < -0.4 is 5.32 Å². The predicted octanol–water partition coefficient (Wildman–Crippen LogP) is 1.86. The summed E-state index contributed by atoms with van der Waals surface area (Å²) in [7, 11) is 0. The van der Waals surface area contributed by atoms with E-state index >= 15 is 0 Å². The summed E-state index contributed by atoms with van der Waals surface area (Å²) in [5, 5.41) is 3.52. The van der Waals surface area contributed by atoms with Gasteiger partial charge in [0.25, 0.3) is 0 Å². The van der Waals surface area contributed by atoms with Crippen LogP contribution in [0.4, 0.5) is 0 Å². The second kappa shape index (κ2) is 4.63. The average Bonchev–Trinajstić information content (AvgIpc) is 2.61. The number of rotatable bonds is 2. The van der Waals surface area contributed by atoms with Gasteiger partial charge in [-0.2, -0.15) is 0 Å². The minimum absolute atomic E-state index is 0.824. The van der Waals surface area contributed by atoms with Crippen LogP contribution >= 0.6 is 0 Å². The molecule has 3 unspecified atom stereocenters. The molecule has 2 aliphatic heterocycles. The van der Waals surface area contributed by atoms with Gasteiger partial charge in [0.2, 0.25) is 0 Å². The van der Waals surface area contributed by atoms with Crippen molar-refractivity contribution in [3.05, 3.63) is 0 Å². The number of hydrogen-bond acceptors (Lipinski definition) is 2. The minimum atomic E-state index is 0.824. The maximum Gasteiger partial charge on any atom is 0.0224 e. The van der Waals surface area contributed by atoms with Crippen molar-refractivity contribution < 1.29 is 0 Å². The molecule has 0 aromatic heterocycles. The van der Waals surface area contributed by atoms with E-state index in [1.807, 2.05) is 0 Å². The third kappa shape index (κ3) is 1.96. The highest BCUT2D eigenvalue weighted by atomic mass is 15.2. The lowest BCUT2D eigenvalue weighted by atomic mass is 9.98. The summed E-state index contributed by atoms with van der Waals surface area (Å²) < 4.78 is 0. The van der Waals surface area contributed by atoms with Crippen molar-refractivity contribution >= 4 is 0 Å². The van der Waals surface area contributed by atoms with Crippen LogP contribution in [-0.4, -0.2) is 36.6 Å². The molecule has 2 nitrogen and oxygen atoms in total. The zero-order chi connectivity index (χ0) is 9.97. The Morgan fingerprint density at radius 2 is 2.21 bits per heavy atom. The summed E-state index contributed by atoms with van der Waals surface area (Å²) in [5.41, 5.74) is 0. The van der Waals surface area contributed by atoms with Crippen molar-refractivity contribution in [2.45, 2.75) is 51.6 Å². The van der Waals surface area contributed by atoms with Gasteiger partial charge in [0.15, 0.2) is 0 Å². The molecule has 2 fully saturated rings. The molecule has 2 heteroatoms. The maximum absolute atomic E-state index is 3.52. The molecule has 0 bridgehead atoms. The van der Waals surface area contributed by atoms with E-state index in [0.29, 0.717) is 0 Å². The van der Waals surface area contributed by atoms with E-state index in [4.69, 9.17) is 0 Å². The van der Waals surface area contributed by atoms with E-state index in [-0.39, 0.29) is 0 Å². The van der Waals surface area contributed by atoms with Crippen LogP contribution in [0.15, 0.2) is 0 Å². The van der Waals surface area contributed by atoms with Crippen molar-refractivity contribution in [1.29, 1.82) is 0 Å². The van der Waals surface area contributed by atoms with Crippen LogP contribution in [0.5, 0.6) is 0 Å². The second-order valence-electron chi connectivity index (χ2n) is 4.94. The van der Waals surface area contributed by atoms with Crippen molar-refractivity contribution in [3.63, 3.8) is 0 Å². The molecule has 0 spiro atoms. The molecule has 0 saturated carbocycles. The molecular formula is C12H24N2. The van der Waals surface area contributed by atoms with Crippen LogP contribution in [0.1, 0.15) is 39.5 Å². The van der Waals surface area contributed by atoms with Crippen LogP contribution in [0, 0.1) is 5.92 Å². The lowest BCUT2D eigenvalue weighted by Crippen LogP contribution is -2.48. The van der Waals surface area contributed by atoms with Crippen molar-refractivity contribution in [2.75, 3.05) is 19.6 Å². The Bertz CT molecular complexity index is 175. The molecule has 82 valence electrons. The number of nitrogens with one attached hydrogen (secondary N) is 1. The zero-order valence-electron chi connectivity index (χ0n) is 9.63. The Labute approximate surface area is 88.1 Å². The van der Waals surface area contributed by atoms with Gasteiger partial charge < -0.3 is 5.32 Å². The summed E-state index contributed by atoms with van der Waals surface area (Å²) in [6.45, 7) is 8.56. The summed E-state index contributed by atoms with van der Waals surface area (Å²) in [5.74, 6) is 0.955. The van der Waals surface area contributed by atoms with E-state index in [1.165, 1.54) is 45.3 Å². The van der Waals surface area contributed by atoms with Crippen molar-refractivity contribution in [3.8, 4) is 0 Å². The van der Waals surface area contributed by atoms with Crippen LogP contribution in [0.25, 0.3) is 0 Å². The Balaban J connectivity index is 1.91. The molecule has 0 aliphatic carbocycles. The topological polar surface area (TPSA) is 15.3 Å². The molecule has 0 radical (unpaired) electrons. The fourth-order valence-corrected chi connectivity index (χ4v) is 3.21. The highest BCUT2D eigenvalue weighted by Gasteiger charge is 2.34. The van der Waals surface area contributed by atoms with E-state index in [9.17, 15) is 0 Å². The van der Waals surface area contributed by atoms with Crippen molar-refractivity contribution in [2.24, 2.45) is 5.92 Å². The third-order valence-electron chi connectivity index (χ3n) is 4.23. The van der Waals surface area contributed by atoms with Crippen LogP contribution in [0.3, 0.4) is 0 Å². The first-order valence-corrected chi connectivity index (χ1v) is 6.29. The number of piperidine rings is 1. The molecule has 2 rings (SSSR count). The molecule has 0 aromatic rings. The molecular weight excluding hydrogens is 172 g/mol.